The highest BCUT2D eigenvalue weighted by atomic mass is 19.3. The lowest BCUT2D eigenvalue weighted by Gasteiger charge is -2.38. The summed E-state index contributed by atoms with van der Waals surface area (Å²) in [6.07, 6.45) is 1.44. The van der Waals surface area contributed by atoms with Gasteiger partial charge in [0.15, 0.2) is 0 Å². The smallest absolute Gasteiger partial charge is 0.256 e. The van der Waals surface area contributed by atoms with Crippen LogP contribution in [0.1, 0.15) is 16.8 Å². The van der Waals surface area contributed by atoms with E-state index >= 15 is 0 Å². The Labute approximate surface area is 127 Å². The van der Waals surface area contributed by atoms with Gasteiger partial charge >= 0.3 is 0 Å². The largest absolute Gasteiger partial charge is 0.384 e. The molecule has 1 atom stereocenters. The Kier molecular flexibility index (Phi) is 3.87. The topological polar surface area (TPSA) is 45.3 Å². The van der Waals surface area contributed by atoms with Gasteiger partial charge in [0.2, 0.25) is 0 Å². The molecule has 0 saturated carbocycles. The molecule has 22 heavy (non-hydrogen) atoms. The fraction of sp³-hybridized carbons (Fsp3) is 0.438. The van der Waals surface area contributed by atoms with Gasteiger partial charge in [-0.05, 0) is 18.2 Å². The Hall–Kier alpha value is -1.95. The Bertz CT molecular complexity index is 684. The van der Waals surface area contributed by atoms with Crippen LogP contribution in [0.5, 0.6) is 0 Å². The Morgan fingerprint density at radius 3 is 3.05 bits per heavy atom. The van der Waals surface area contributed by atoms with Crippen LogP contribution in [-0.4, -0.2) is 48.5 Å². The van der Waals surface area contributed by atoms with Crippen LogP contribution in [0.4, 0.5) is 8.78 Å². The number of likely N-dealkylation sites (tertiary alicyclic amines) is 1. The van der Waals surface area contributed by atoms with Crippen LogP contribution >= 0.6 is 0 Å². The molecular weight excluding hydrogens is 290 g/mol. The van der Waals surface area contributed by atoms with Crippen LogP contribution in [0.3, 0.4) is 0 Å². The van der Waals surface area contributed by atoms with E-state index in [2.05, 4.69) is 4.98 Å². The SMILES string of the molecule is COCC1CN(C(=O)c2cccc3[nH]ccc23)CCC1(F)F. The normalized spacial score (nSPS) is 21.2. The van der Waals surface area contributed by atoms with Crippen molar-refractivity contribution in [1.82, 2.24) is 9.88 Å². The summed E-state index contributed by atoms with van der Waals surface area (Å²) >= 11 is 0. The van der Waals surface area contributed by atoms with Gasteiger partial charge in [-0.2, -0.15) is 0 Å². The first-order chi connectivity index (χ1) is 10.5. The number of carbonyl (C=O) groups is 1. The quantitative estimate of drug-likeness (QED) is 0.947. The Morgan fingerprint density at radius 2 is 2.27 bits per heavy atom. The molecule has 3 rings (SSSR count). The van der Waals surface area contributed by atoms with Crippen molar-refractivity contribution in [2.24, 2.45) is 5.92 Å². The summed E-state index contributed by atoms with van der Waals surface area (Å²) in [6.45, 7) is 0.0263. The maximum absolute atomic E-state index is 13.9. The van der Waals surface area contributed by atoms with Crippen molar-refractivity contribution in [1.29, 1.82) is 0 Å². The summed E-state index contributed by atoms with van der Waals surface area (Å²) in [4.78, 5) is 17.3. The highest BCUT2D eigenvalue weighted by Gasteiger charge is 2.45. The van der Waals surface area contributed by atoms with Gasteiger partial charge in [0, 0.05) is 49.3 Å². The number of ether oxygens (including phenoxy) is 1. The molecule has 0 bridgehead atoms. The van der Waals surface area contributed by atoms with Gasteiger partial charge < -0.3 is 14.6 Å². The summed E-state index contributed by atoms with van der Waals surface area (Å²) < 4.78 is 32.6. The van der Waals surface area contributed by atoms with E-state index in [1.54, 1.807) is 18.3 Å². The maximum atomic E-state index is 13.9. The van der Waals surface area contributed by atoms with Crippen molar-refractivity contribution in [2.75, 3.05) is 26.8 Å². The molecule has 1 aromatic heterocycles. The molecule has 2 aromatic rings. The van der Waals surface area contributed by atoms with Crippen LogP contribution < -0.4 is 0 Å². The lowest BCUT2D eigenvalue weighted by molar-refractivity contribution is -0.117. The van der Waals surface area contributed by atoms with Crippen molar-refractivity contribution >= 4 is 16.8 Å². The molecule has 1 saturated heterocycles. The molecule has 2 heterocycles. The molecule has 0 aliphatic carbocycles. The number of H-pyrrole nitrogens is 1. The third kappa shape index (κ3) is 2.59. The van der Waals surface area contributed by atoms with E-state index in [4.69, 9.17) is 4.74 Å². The number of piperidine rings is 1. The maximum Gasteiger partial charge on any atom is 0.256 e. The fourth-order valence-electron chi connectivity index (χ4n) is 2.98. The predicted molar refractivity (Wildman–Crippen MR) is 79.1 cm³/mol. The average molecular weight is 308 g/mol. The van der Waals surface area contributed by atoms with E-state index in [1.807, 2.05) is 12.1 Å². The van der Waals surface area contributed by atoms with E-state index in [0.717, 1.165) is 10.9 Å². The van der Waals surface area contributed by atoms with E-state index in [-0.39, 0.29) is 32.0 Å². The predicted octanol–water partition coefficient (Wildman–Crippen LogP) is 2.91. The lowest BCUT2D eigenvalue weighted by atomic mass is 9.93. The van der Waals surface area contributed by atoms with Gasteiger partial charge in [-0.15, -0.1) is 0 Å². The Balaban J connectivity index is 1.85. The van der Waals surface area contributed by atoms with Gasteiger partial charge in [0.1, 0.15) is 0 Å². The fourth-order valence-corrected chi connectivity index (χ4v) is 2.98. The number of carbonyl (C=O) groups excluding carboxylic acids is 1. The van der Waals surface area contributed by atoms with Crippen molar-refractivity contribution in [3.05, 3.63) is 36.0 Å². The van der Waals surface area contributed by atoms with Crippen LogP contribution in [-0.2, 0) is 4.74 Å². The molecular formula is C16H18F2N2O2. The Morgan fingerprint density at radius 1 is 1.45 bits per heavy atom. The molecule has 1 aromatic carbocycles. The van der Waals surface area contributed by atoms with Gasteiger partial charge in [-0.25, -0.2) is 8.78 Å². The number of fused-ring (bicyclic) bond motifs is 1. The number of alkyl halides is 2. The average Bonchev–Trinajstić information content (AvgIpc) is 2.97. The number of methoxy groups -OCH3 is 1. The summed E-state index contributed by atoms with van der Waals surface area (Å²) in [7, 11) is 1.40. The second-order valence-corrected chi connectivity index (χ2v) is 5.66. The first kappa shape index (κ1) is 15.0. The van der Waals surface area contributed by atoms with Crippen molar-refractivity contribution < 1.29 is 18.3 Å². The number of halogens is 2. The van der Waals surface area contributed by atoms with E-state index in [1.165, 1.54) is 12.0 Å². The third-order valence-electron chi connectivity index (χ3n) is 4.23. The van der Waals surface area contributed by atoms with Crippen LogP contribution in [0, 0.1) is 5.92 Å². The minimum Gasteiger partial charge on any atom is -0.384 e. The zero-order valence-electron chi connectivity index (χ0n) is 12.3. The third-order valence-corrected chi connectivity index (χ3v) is 4.23. The monoisotopic (exact) mass is 308 g/mol. The number of benzene rings is 1. The van der Waals surface area contributed by atoms with Gasteiger partial charge in [-0.3, -0.25) is 4.79 Å². The van der Waals surface area contributed by atoms with Crippen molar-refractivity contribution in [2.45, 2.75) is 12.3 Å². The minimum atomic E-state index is -2.78. The second-order valence-electron chi connectivity index (χ2n) is 5.66. The molecule has 118 valence electrons. The summed E-state index contributed by atoms with van der Waals surface area (Å²) in [5.41, 5.74) is 1.40. The molecule has 1 unspecified atom stereocenters. The van der Waals surface area contributed by atoms with Gasteiger partial charge in [0.05, 0.1) is 12.5 Å². The number of rotatable bonds is 3. The molecule has 1 amide bonds. The molecule has 1 N–H and O–H groups in total. The molecule has 4 nitrogen and oxygen atoms in total. The number of nitrogens with zero attached hydrogens (tertiary/aromatic N) is 1. The number of aromatic nitrogens is 1. The number of hydrogen-bond donors (Lipinski definition) is 1. The molecule has 1 fully saturated rings. The zero-order valence-corrected chi connectivity index (χ0v) is 12.3. The summed E-state index contributed by atoms with van der Waals surface area (Å²) in [5.74, 6) is -3.95. The van der Waals surface area contributed by atoms with Gasteiger partial charge in [-0.1, -0.05) is 6.07 Å². The highest BCUT2D eigenvalue weighted by molar-refractivity contribution is 6.06. The first-order valence-corrected chi connectivity index (χ1v) is 7.25. The van der Waals surface area contributed by atoms with E-state index in [0.29, 0.717) is 5.56 Å². The first-order valence-electron chi connectivity index (χ1n) is 7.25. The number of hydrogen-bond acceptors (Lipinski definition) is 2. The van der Waals surface area contributed by atoms with Crippen molar-refractivity contribution in [3.8, 4) is 0 Å². The van der Waals surface area contributed by atoms with Crippen molar-refractivity contribution in [3.63, 3.8) is 0 Å². The second kappa shape index (κ2) is 5.68. The van der Waals surface area contributed by atoms with E-state index < -0.39 is 11.8 Å². The zero-order chi connectivity index (χ0) is 15.7. The number of nitrogens with one attached hydrogen (secondary N) is 1. The highest BCUT2D eigenvalue weighted by Crippen LogP contribution is 2.34. The molecule has 1 aliphatic rings. The summed E-state index contributed by atoms with van der Waals surface area (Å²) in [5, 5.41) is 0.813. The molecule has 0 spiro atoms. The van der Waals surface area contributed by atoms with Crippen LogP contribution in [0.25, 0.3) is 10.9 Å². The standard InChI is InChI=1S/C16H18F2N2O2/c1-22-10-11-9-20(8-6-16(11,17)18)15(21)13-3-2-4-14-12(13)5-7-19-14/h2-5,7,11,19H,6,8-10H2,1H3. The minimum absolute atomic E-state index is 0.0144. The number of amides is 1. The molecule has 1 aliphatic heterocycles. The van der Waals surface area contributed by atoms with Gasteiger partial charge in [0.25, 0.3) is 11.8 Å². The molecule has 0 radical (unpaired) electrons. The van der Waals surface area contributed by atoms with Crippen LogP contribution in [0.15, 0.2) is 30.5 Å². The van der Waals surface area contributed by atoms with E-state index in [9.17, 15) is 13.6 Å². The summed E-state index contributed by atoms with van der Waals surface area (Å²) in [6, 6.07) is 7.23. The lowest BCUT2D eigenvalue weighted by Crippen LogP contribution is -2.50. The van der Waals surface area contributed by atoms with Crippen LogP contribution in [0.2, 0.25) is 0 Å². The number of aromatic amines is 1. The molecule has 6 heteroatoms.